The van der Waals surface area contributed by atoms with Crippen LogP contribution in [0.4, 0.5) is 0 Å². The van der Waals surface area contributed by atoms with E-state index in [1.165, 1.54) is 31.9 Å². The molecular weight excluding hydrogens is 490 g/mol. The summed E-state index contributed by atoms with van der Waals surface area (Å²) in [4.78, 5) is 18.7. The van der Waals surface area contributed by atoms with Crippen LogP contribution in [-0.2, 0) is 34.6 Å². The molecule has 8 nitrogen and oxygen atoms in total. The summed E-state index contributed by atoms with van der Waals surface area (Å²) in [6, 6.07) is 10.3. The van der Waals surface area contributed by atoms with Gasteiger partial charge in [0.15, 0.2) is 5.75 Å². The van der Waals surface area contributed by atoms with Crippen LogP contribution in [0.2, 0.25) is 0 Å². The Morgan fingerprint density at radius 2 is 1.86 bits per heavy atom. The molecule has 35 heavy (non-hydrogen) atoms. The Morgan fingerprint density at radius 3 is 2.57 bits per heavy atom. The maximum atomic E-state index is 12.8. The number of aromatic nitrogens is 1. The maximum absolute atomic E-state index is 12.8. The molecule has 1 aromatic heterocycles. The van der Waals surface area contributed by atoms with E-state index < -0.39 is 10.1 Å². The molecule has 0 saturated carbocycles. The standard InChI is InChI=1S/C25H29N3O5S.ClH/c1-32-15-18-11-19(23-20(13-26-25(23)29)24(18)33-34(2,30)31)22-12-17-10-16(6-7-21(17)27-22)14-28-8-4-3-5-9-28;/h6-7,10-12,27H,3-5,8-9,13-15H2,1-2H3,(H,26,29);1H. The van der Waals surface area contributed by atoms with Crippen LogP contribution in [0.3, 0.4) is 0 Å². The maximum Gasteiger partial charge on any atom is 0.306 e. The Balaban J connectivity index is 0.00000289. The minimum atomic E-state index is -3.78. The molecule has 2 N–H and O–H groups in total. The SMILES string of the molecule is COCc1cc(-c2cc3cc(CN4CCCCC4)ccc3[nH]2)c2c(c1OS(C)(=O)=O)CNC2=O.Cl. The van der Waals surface area contributed by atoms with E-state index in [1.807, 2.05) is 6.07 Å². The van der Waals surface area contributed by atoms with Gasteiger partial charge in [-0.25, -0.2) is 0 Å². The lowest BCUT2D eigenvalue weighted by Crippen LogP contribution is -2.28. The van der Waals surface area contributed by atoms with Gasteiger partial charge >= 0.3 is 10.1 Å². The lowest BCUT2D eigenvalue weighted by molar-refractivity contribution is 0.0966. The fraction of sp³-hybridized carbons (Fsp3) is 0.400. The summed E-state index contributed by atoms with van der Waals surface area (Å²) in [5.41, 5.74) is 5.27. The second-order valence-electron chi connectivity index (χ2n) is 9.11. The zero-order valence-electron chi connectivity index (χ0n) is 19.8. The number of rotatable bonds is 7. The zero-order chi connectivity index (χ0) is 23.9. The number of ether oxygens (including phenoxy) is 1. The molecule has 2 aliphatic rings. The fourth-order valence-electron chi connectivity index (χ4n) is 5.00. The van der Waals surface area contributed by atoms with Gasteiger partial charge in [0.05, 0.1) is 18.4 Å². The number of amides is 1. The van der Waals surface area contributed by atoms with Gasteiger partial charge in [-0.2, -0.15) is 8.42 Å². The summed E-state index contributed by atoms with van der Waals surface area (Å²) in [5, 5.41) is 3.88. The molecule has 1 amide bonds. The van der Waals surface area contributed by atoms with Crippen molar-refractivity contribution in [3.63, 3.8) is 0 Å². The van der Waals surface area contributed by atoms with Crippen molar-refractivity contribution in [2.24, 2.45) is 0 Å². The molecule has 0 bridgehead atoms. The van der Waals surface area contributed by atoms with Gasteiger partial charge in [-0.15, -0.1) is 12.4 Å². The van der Waals surface area contributed by atoms with Gasteiger partial charge in [0.1, 0.15) is 0 Å². The van der Waals surface area contributed by atoms with Crippen molar-refractivity contribution < 1.29 is 22.1 Å². The summed E-state index contributed by atoms with van der Waals surface area (Å²) in [7, 11) is -2.24. The first kappa shape index (κ1) is 25.5. The van der Waals surface area contributed by atoms with Crippen LogP contribution in [-0.4, -0.2) is 50.7 Å². The van der Waals surface area contributed by atoms with E-state index in [0.29, 0.717) is 22.3 Å². The third-order valence-electron chi connectivity index (χ3n) is 6.47. The van der Waals surface area contributed by atoms with Crippen LogP contribution in [0.15, 0.2) is 30.3 Å². The first-order valence-electron chi connectivity index (χ1n) is 11.5. The first-order valence-corrected chi connectivity index (χ1v) is 13.3. The number of halogens is 1. The summed E-state index contributed by atoms with van der Waals surface area (Å²) in [6.45, 7) is 3.57. The number of benzene rings is 2. The second-order valence-corrected chi connectivity index (χ2v) is 10.7. The van der Waals surface area contributed by atoms with Crippen molar-refractivity contribution in [1.82, 2.24) is 15.2 Å². The quantitative estimate of drug-likeness (QED) is 0.458. The zero-order valence-corrected chi connectivity index (χ0v) is 21.5. The average Bonchev–Trinajstić information content (AvgIpc) is 3.39. The Bertz CT molecular complexity index is 1360. The van der Waals surface area contributed by atoms with Crippen LogP contribution in [0.5, 0.6) is 5.75 Å². The molecule has 1 saturated heterocycles. The van der Waals surface area contributed by atoms with Gasteiger partial charge in [0, 0.05) is 53.5 Å². The number of H-pyrrole nitrogens is 1. The van der Waals surface area contributed by atoms with Crippen molar-refractivity contribution in [2.75, 3.05) is 26.5 Å². The third kappa shape index (κ3) is 5.33. The minimum absolute atomic E-state index is 0. The minimum Gasteiger partial charge on any atom is -0.382 e. The van der Waals surface area contributed by atoms with Crippen molar-refractivity contribution in [3.05, 3.63) is 52.6 Å². The number of aromatic amines is 1. The van der Waals surface area contributed by atoms with E-state index in [-0.39, 0.29) is 37.2 Å². The molecule has 5 rings (SSSR count). The van der Waals surface area contributed by atoms with Gasteiger partial charge in [0.25, 0.3) is 5.91 Å². The van der Waals surface area contributed by atoms with E-state index in [4.69, 9.17) is 8.92 Å². The molecule has 0 unspecified atom stereocenters. The smallest absolute Gasteiger partial charge is 0.306 e. The highest BCUT2D eigenvalue weighted by atomic mass is 35.5. The van der Waals surface area contributed by atoms with Gasteiger partial charge < -0.3 is 19.2 Å². The Hall–Kier alpha value is -2.59. The molecule has 188 valence electrons. The van der Waals surface area contributed by atoms with E-state index >= 15 is 0 Å². The highest BCUT2D eigenvalue weighted by Crippen LogP contribution is 2.39. The number of likely N-dealkylation sites (tertiary alicyclic amines) is 1. The number of piperidine rings is 1. The topological polar surface area (TPSA) is 101 Å². The summed E-state index contributed by atoms with van der Waals surface area (Å²) in [6.07, 6.45) is 4.82. The molecule has 3 aromatic rings. The Labute approximate surface area is 211 Å². The highest BCUT2D eigenvalue weighted by Gasteiger charge is 2.31. The van der Waals surface area contributed by atoms with Gasteiger partial charge in [0.2, 0.25) is 0 Å². The van der Waals surface area contributed by atoms with Crippen molar-refractivity contribution in [3.8, 4) is 17.0 Å². The van der Waals surface area contributed by atoms with E-state index in [9.17, 15) is 13.2 Å². The van der Waals surface area contributed by atoms with Gasteiger partial charge in [-0.05, 0) is 55.8 Å². The van der Waals surface area contributed by atoms with Crippen molar-refractivity contribution in [2.45, 2.75) is 39.0 Å². The predicted molar refractivity (Wildman–Crippen MR) is 137 cm³/mol. The number of carbonyl (C=O) groups is 1. The van der Waals surface area contributed by atoms with Gasteiger partial charge in [-0.3, -0.25) is 9.69 Å². The predicted octanol–water partition coefficient (Wildman–Crippen LogP) is 3.97. The second kappa shape index (κ2) is 10.2. The molecule has 0 spiro atoms. The van der Waals surface area contributed by atoms with Crippen molar-refractivity contribution in [1.29, 1.82) is 0 Å². The number of nitrogens with one attached hydrogen (secondary N) is 2. The summed E-state index contributed by atoms with van der Waals surface area (Å²) >= 11 is 0. The third-order valence-corrected chi connectivity index (χ3v) is 6.94. The molecule has 2 aliphatic heterocycles. The van der Waals surface area contributed by atoms with E-state index in [1.54, 1.807) is 6.07 Å². The normalized spacial score (nSPS) is 16.1. The number of methoxy groups -OCH3 is 1. The molecule has 3 heterocycles. The summed E-state index contributed by atoms with van der Waals surface area (Å²) < 4.78 is 34.4. The lowest BCUT2D eigenvalue weighted by Gasteiger charge is -2.26. The van der Waals surface area contributed by atoms with Crippen LogP contribution in [0.1, 0.15) is 46.3 Å². The van der Waals surface area contributed by atoms with Gasteiger partial charge in [-0.1, -0.05) is 12.5 Å². The molecule has 10 heteroatoms. The number of carbonyl (C=O) groups excluding carboxylic acids is 1. The molecule has 0 atom stereocenters. The number of hydrogen-bond acceptors (Lipinski definition) is 6. The van der Waals surface area contributed by atoms with E-state index in [0.717, 1.165) is 42.5 Å². The molecule has 0 aliphatic carbocycles. The molecular formula is C25H30ClN3O5S. The molecule has 2 aromatic carbocycles. The number of nitrogens with zero attached hydrogens (tertiary/aromatic N) is 1. The van der Waals surface area contributed by atoms with Crippen molar-refractivity contribution >= 4 is 39.3 Å². The lowest BCUT2D eigenvalue weighted by atomic mass is 9.96. The Kier molecular flexibility index (Phi) is 7.42. The van der Waals surface area contributed by atoms with Crippen LogP contribution >= 0.6 is 12.4 Å². The monoisotopic (exact) mass is 519 g/mol. The first-order chi connectivity index (χ1) is 16.3. The van der Waals surface area contributed by atoms with Crippen LogP contribution in [0.25, 0.3) is 22.2 Å². The van der Waals surface area contributed by atoms with Crippen LogP contribution in [0, 0.1) is 0 Å². The molecule has 0 radical (unpaired) electrons. The number of hydrogen-bond donors (Lipinski definition) is 2. The van der Waals surface area contributed by atoms with E-state index in [2.05, 4.69) is 33.4 Å². The average molecular weight is 520 g/mol. The highest BCUT2D eigenvalue weighted by molar-refractivity contribution is 7.86. The largest absolute Gasteiger partial charge is 0.382 e. The summed E-state index contributed by atoms with van der Waals surface area (Å²) in [5.74, 6) is -0.0851. The fourth-order valence-corrected chi connectivity index (χ4v) is 5.51. The van der Waals surface area contributed by atoms with Crippen LogP contribution < -0.4 is 9.50 Å². The Morgan fingerprint density at radius 1 is 1.09 bits per heavy atom. The number of fused-ring (bicyclic) bond motifs is 2. The molecule has 1 fully saturated rings.